The number of benzene rings is 3. The third-order valence-corrected chi connectivity index (χ3v) is 12.4. The van der Waals surface area contributed by atoms with E-state index in [0.29, 0.717) is 59.4 Å². The van der Waals surface area contributed by atoms with E-state index in [4.69, 9.17) is 23.6 Å². The normalized spacial score (nSPS) is 18.7. The second-order valence-electron chi connectivity index (χ2n) is 16.4. The lowest BCUT2D eigenvalue weighted by atomic mass is 9.97. The number of nitrogens with one attached hydrogen (secondary N) is 3. The number of ether oxygens (including phenoxy) is 3. The Bertz CT molecular complexity index is 2650. The number of hydrogen-bond acceptors (Lipinski definition) is 11. The van der Waals surface area contributed by atoms with Gasteiger partial charge in [0.2, 0.25) is 17.2 Å². The molecule has 16 nitrogen and oxygen atoms in total. The first-order valence-electron chi connectivity index (χ1n) is 21.0. The molecule has 2 aromatic heterocycles. The third-order valence-electron chi connectivity index (χ3n) is 12.4. The van der Waals surface area contributed by atoms with Gasteiger partial charge in [-0.1, -0.05) is 26.0 Å². The van der Waals surface area contributed by atoms with Gasteiger partial charge in [0.1, 0.15) is 29.1 Å². The lowest BCUT2D eigenvalue weighted by Gasteiger charge is -2.30. The molecule has 0 aliphatic carbocycles. The van der Waals surface area contributed by atoms with E-state index < -0.39 is 30.4 Å². The summed E-state index contributed by atoms with van der Waals surface area (Å²) in [4.78, 5) is 82.0. The SMILES string of the molecule is COC(=O)N[C@H](C(=O)N1CCC[C@H]1C1=Nc2ccc(-c3ccc4c(=O)c5cc(-c6cnc([C@@H]7CCCN7C(=O)[C@@H](NC(=O)OC)[C@@H](C)OC)[nH]6)ccc5oc4c3)cc2C1)C(C)C. The minimum Gasteiger partial charge on any atom is -0.456 e. The van der Waals surface area contributed by atoms with Gasteiger partial charge in [0.25, 0.3) is 0 Å². The fourth-order valence-corrected chi connectivity index (χ4v) is 8.90. The van der Waals surface area contributed by atoms with Crippen molar-refractivity contribution < 1.29 is 37.8 Å². The van der Waals surface area contributed by atoms with Crippen molar-refractivity contribution in [2.45, 2.75) is 83.1 Å². The maximum Gasteiger partial charge on any atom is 0.407 e. The van der Waals surface area contributed by atoms with Crippen molar-refractivity contribution in [1.29, 1.82) is 0 Å². The van der Waals surface area contributed by atoms with Crippen molar-refractivity contribution in [3.63, 3.8) is 0 Å². The van der Waals surface area contributed by atoms with Crippen LogP contribution in [0.5, 0.6) is 0 Å². The quantitative estimate of drug-likeness (QED) is 0.125. The highest BCUT2D eigenvalue weighted by Crippen LogP contribution is 2.37. The number of nitrogens with zero attached hydrogens (tertiary/aromatic N) is 4. The number of rotatable bonds is 11. The fraction of sp³-hybridized carbons (Fsp3) is 0.413. The Hall–Kier alpha value is -6.55. The molecule has 62 heavy (non-hydrogen) atoms. The van der Waals surface area contributed by atoms with E-state index in [1.807, 2.05) is 49.1 Å². The second-order valence-corrected chi connectivity index (χ2v) is 16.4. The average molecular weight is 846 g/mol. The molecular formula is C46H51N7O9. The topological polar surface area (TPSA) is 198 Å². The molecule has 0 radical (unpaired) electrons. The number of likely N-dealkylation sites (tertiary alicyclic amines) is 2. The maximum absolute atomic E-state index is 14.0. The van der Waals surface area contributed by atoms with E-state index in [0.717, 1.165) is 52.9 Å². The standard InChI is InChI=1S/C46H51N7O9/c1-24(2)39(50-45(57)60-5)43(55)52-17-7-9-35(52)33-21-29-19-26(12-15-32(29)48-33)27-11-14-30-38(22-27)62-37-16-13-28(20-31(37)41(30)54)34-23-47-42(49-34)36-10-8-18-53(36)44(56)40(25(3)59-4)51-46(58)61-6/h11-16,19-20,22-25,35-36,39-40H,7-10,17-18,21H2,1-6H3,(H,47,49)(H,50,57)(H,51,58)/t25-,35+,36+,39+,40+/m1/s1. The Kier molecular flexibility index (Phi) is 11.9. The Morgan fingerprint density at radius 2 is 1.42 bits per heavy atom. The van der Waals surface area contributed by atoms with E-state index >= 15 is 0 Å². The smallest absolute Gasteiger partial charge is 0.407 e. The predicted octanol–water partition coefficient (Wildman–Crippen LogP) is 6.43. The van der Waals surface area contributed by atoms with Crippen LogP contribution in [0.25, 0.3) is 44.3 Å². The number of hydrogen-bond donors (Lipinski definition) is 3. The molecule has 8 rings (SSSR count). The van der Waals surface area contributed by atoms with E-state index in [9.17, 15) is 24.0 Å². The number of imidazole rings is 1. The van der Waals surface area contributed by atoms with Crippen LogP contribution in [0.1, 0.15) is 63.9 Å². The predicted molar refractivity (Wildman–Crippen MR) is 232 cm³/mol. The summed E-state index contributed by atoms with van der Waals surface area (Å²) in [5, 5.41) is 6.18. The first-order valence-corrected chi connectivity index (χ1v) is 21.0. The molecule has 2 saturated heterocycles. The van der Waals surface area contributed by atoms with Crippen molar-refractivity contribution in [1.82, 2.24) is 30.4 Å². The molecule has 0 bridgehead atoms. The summed E-state index contributed by atoms with van der Waals surface area (Å²) in [5.74, 6) is 0.0492. The summed E-state index contributed by atoms with van der Waals surface area (Å²) >= 11 is 0. The zero-order valence-electron chi connectivity index (χ0n) is 35.7. The Morgan fingerprint density at radius 3 is 2.13 bits per heavy atom. The van der Waals surface area contributed by atoms with Gasteiger partial charge in [0.05, 0.1) is 60.8 Å². The molecule has 0 spiro atoms. The van der Waals surface area contributed by atoms with Crippen LogP contribution in [0.3, 0.4) is 0 Å². The average Bonchev–Trinajstić information content (AvgIpc) is 4.12. The highest BCUT2D eigenvalue weighted by Gasteiger charge is 2.40. The number of carbonyl (C=O) groups is 4. The monoisotopic (exact) mass is 845 g/mol. The molecule has 5 aromatic rings. The van der Waals surface area contributed by atoms with Crippen LogP contribution in [0.4, 0.5) is 15.3 Å². The van der Waals surface area contributed by atoms with Crippen LogP contribution in [0.2, 0.25) is 0 Å². The Balaban J connectivity index is 0.992. The first-order chi connectivity index (χ1) is 29.9. The van der Waals surface area contributed by atoms with Gasteiger partial charge in [-0.2, -0.15) is 0 Å². The van der Waals surface area contributed by atoms with Gasteiger partial charge in [-0.25, -0.2) is 14.6 Å². The third kappa shape index (κ3) is 8.01. The number of methoxy groups -OCH3 is 3. The number of H-pyrrole nitrogens is 1. The molecule has 324 valence electrons. The fourth-order valence-electron chi connectivity index (χ4n) is 8.90. The summed E-state index contributed by atoms with van der Waals surface area (Å²) in [6, 6.07) is 15.0. The highest BCUT2D eigenvalue weighted by molar-refractivity contribution is 6.01. The van der Waals surface area contributed by atoms with Crippen molar-refractivity contribution in [3.05, 3.63) is 82.4 Å². The zero-order chi connectivity index (χ0) is 43.8. The van der Waals surface area contributed by atoms with Crippen molar-refractivity contribution in [2.75, 3.05) is 34.4 Å². The maximum atomic E-state index is 14.0. The van der Waals surface area contributed by atoms with Gasteiger partial charge in [-0.3, -0.25) is 19.4 Å². The van der Waals surface area contributed by atoms with Crippen molar-refractivity contribution >= 4 is 57.3 Å². The number of aromatic nitrogens is 2. The Morgan fingerprint density at radius 1 is 0.774 bits per heavy atom. The van der Waals surface area contributed by atoms with Crippen LogP contribution in [0.15, 0.2) is 75.0 Å². The second kappa shape index (κ2) is 17.4. The number of alkyl carbamates (subject to hydrolysis) is 2. The largest absolute Gasteiger partial charge is 0.456 e. The van der Waals surface area contributed by atoms with Gasteiger partial charge in [0, 0.05) is 37.9 Å². The molecule has 0 saturated carbocycles. The molecule has 3 N–H and O–H groups in total. The molecule has 2 fully saturated rings. The van der Waals surface area contributed by atoms with Gasteiger partial charge in [0.15, 0.2) is 0 Å². The van der Waals surface area contributed by atoms with Crippen LogP contribution in [-0.2, 0) is 30.2 Å². The summed E-state index contributed by atoms with van der Waals surface area (Å²) < 4.78 is 21.3. The number of aromatic amines is 1. The summed E-state index contributed by atoms with van der Waals surface area (Å²) in [5.41, 5.74) is 6.82. The van der Waals surface area contributed by atoms with Gasteiger partial charge < -0.3 is 44.0 Å². The highest BCUT2D eigenvalue weighted by atomic mass is 16.5. The van der Waals surface area contributed by atoms with Gasteiger partial charge >= 0.3 is 12.2 Å². The summed E-state index contributed by atoms with van der Waals surface area (Å²) in [6.45, 7) is 6.59. The number of fused-ring (bicyclic) bond motifs is 3. The van der Waals surface area contributed by atoms with E-state index in [1.165, 1.54) is 21.3 Å². The molecule has 3 aromatic carbocycles. The van der Waals surface area contributed by atoms with Gasteiger partial charge in [-0.15, -0.1) is 0 Å². The Labute approximate surface area is 358 Å². The minimum atomic E-state index is -0.944. The van der Waals surface area contributed by atoms with E-state index in [-0.39, 0.29) is 35.2 Å². The van der Waals surface area contributed by atoms with Gasteiger partial charge in [-0.05, 0) is 97.7 Å². The van der Waals surface area contributed by atoms with Crippen molar-refractivity contribution in [2.24, 2.45) is 10.9 Å². The number of aliphatic imine (C=N–C) groups is 1. The summed E-state index contributed by atoms with van der Waals surface area (Å²) in [6.07, 6.45) is 3.42. The number of carbonyl (C=O) groups excluding carboxylic acids is 4. The molecule has 5 heterocycles. The number of amides is 4. The lowest BCUT2D eigenvalue weighted by Crippen LogP contribution is -2.54. The molecule has 16 heteroatoms. The molecule has 3 aliphatic heterocycles. The van der Waals surface area contributed by atoms with E-state index in [1.54, 1.807) is 36.2 Å². The van der Waals surface area contributed by atoms with Crippen molar-refractivity contribution in [3.8, 4) is 22.4 Å². The molecular weight excluding hydrogens is 795 g/mol. The first kappa shape index (κ1) is 42.2. The molecule has 5 atom stereocenters. The lowest BCUT2D eigenvalue weighted by molar-refractivity contribution is -0.137. The molecule has 4 amide bonds. The van der Waals surface area contributed by atoms with E-state index in [2.05, 4.69) is 26.7 Å². The van der Waals surface area contributed by atoms with Crippen LogP contribution >= 0.6 is 0 Å². The zero-order valence-corrected chi connectivity index (χ0v) is 35.7. The minimum absolute atomic E-state index is 0.120. The van der Waals surface area contributed by atoms with Crippen LogP contribution in [0, 0.1) is 5.92 Å². The van der Waals surface area contributed by atoms with Crippen LogP contribution in [-0.4, -0.2) is 108 Å². The molecule has 0 unspecified atom stereocenters. The molecule has 3 aliphatic rings. The summed E-state index contributed by atoms with van der Waals surface area (Å²) in [7, 11) is 4.00. The van der Waals surface area contributed by atoms with Crippen LogP contribution < -0.4 is 16.1 Å².